The fraction of sp³-hybridized carbons (Fsp3) is 0.350. The van der Waals surface area contributed by atoms with Crippen LogP contribution < -0.4 is 0 Å². The molecule has 2 aromatic rings. The minimum atomic E-state index is -0.269. The van der Waals surface area contributed by atoms with Gasteiger partial charge >= 0.3 is 5.97 Å². The molecule has 2 aromatic carbocycles. The average Bonchev–Trinajstić information content (AvgIpc) is 3.02. The molecular formula is C20H23NO2. The maximum absolute atomic E-state index is 11.7. The fourth-order valence-corrected chi connectivity index (χ4v) is 3.37. The summed E-state index contributed by atoms with van der Waals surface area (Å²) in [5.74, 6) is -0.269. The highest BCUT2D eigenvalue weighted by atomic mass is 16.5. The van der Waals surface area contributed by atoms with Crippen molar-refractivity contribution in [3.8, 4) is 0 Å². The van der Waals surface area contributed by atoms with Gasteiger partial charge in [0, 0.05) is 12.6 Å². The van der Waals surface area contributed by atoms with E-state index in [4.69, 9.17) is 4.74 Å². The lowest BCUT2D eigenvalue weighted by molar-refractivity contribution is 0.0600. The molecule has 0 bridgehead atoms. The Hall–Kier alpha value is -2.13. The van der Waals surface area contributed by atoms with E-state index >= 15 is 0 Å². The lowest BCUT2D eigenvalue weighted by Crippen LogP contribution is -2.30. The zero-order chi connectivity index (χ0) is 16.1. The SMILES string of the molecule is COC(=O)c1cccc(CN2CCCC2Cc2ccccc2)c1. The van der Waals surface area contributed by atoms with Gasteiger partial charge in [-0.2, -0.15) is 0 Å². The van der Waals surface area contributed by atoms with Crippen molar-refractivity contribution in [2.75, 3.05) is 13.7 Å². The highest BCUT2D eigenvalue weighted by Crippen LogP contribution is 2.23. The summed E-state index contributed by atoms with van der Waals surface area (Å²) in [7, 11) is 1.42. The molecule has 0 radical (unpaired) electrons. The maximum Gasteiger partial charge on any atom is 0.337 e. The van der Waals surface area contributed by atoms with Crippen LogP contribution in [-0.4, -0.2) is 30.6 Å². The molecular weight excluding hydrogens is 286 g/mol. The number of methoxy groups -OCH3 is 1. The topological polar surface area (TPSA) is 29.5 Å². The number of likely N-dealkylation sites (tertiary alicyclic amines) is 1. The van der Waals surface area contributed by atoms with Crippen LogP contribution in [0.5, 0.6) is 0 Å². The molecule has 0 spiro atoms. The zero-order valence-electron chi connectivity index (χ0n) is 13.6. The average molecular weight is 309 g/mol. The van der Waals surface area contributed by atoms with Crippen molar-refractivity contribution in [3.63, 3.8) is 0 Å². The first kappa shape index (κ1) is 15.8. The molecule has 1 fully saturated rings. The second-order valence-electron chi connectivity index (χ2n) is 6.15. The Kier molecular flexibility index (Phi) is 5.09. The number of hydrogen-bond acceptors (Lipinski definition) is 3. The number of carbonyl (C=O) groups is 1. The van der Waals surface area contributed by atoms with Crippen molar-refractivity contribution < 1.29 is 9.53 Å². The molecule has 0 amide bonds. The molecule has 0 N–H and O–H groups in total. The Labute approximate surface area is 137 Å². The van der Waals surface area contributed by atoms with Gasteiger partial charge in [0.2, 0.25) is 0 Å². The summed E-state index contributed by atoms with van der Waals surface area (Å²) < 4.78 is 4.81. The number of nitrogens with zero attached hydrogens (tertiary/aromatic N) is 1. The molecule has 1 heterocycles. The molecule has 1 unspecified atom stereocenters. The molecule has 1 aliphatic heterocycles. The van der Waals surface area contributed by atoms with E-state index in [1.807, 2.05) is 12.1 Å². The molecule has 23 heavy (non-hydrogen) atoms. The third-order valence-corrected chi connectivity index (χ3v) is 4.55. The lowest BCUT2D eigenvalue weighted by Gasteiger charge is -2.24. The van der Waals surface area contributed by atoms with Gasteiger partial charge in [0.1, 0.15) is 0 Å². The van der Waals surface area contributed by atoms with Crippen molar-refractivity contribution in [3.05, 3.63) is 71.3 Å². The second kappa shape index (κ2) is 7.42. The van der Waals surface area contributed by atoms with Crippen LogP contribution in [0.4, 0.5) is 0 Å². The van der Waals surface area contributed by atoms with Gasteiger partial charge < -0.3 is 4.74 Å². The number of ether oxygens (including phenoxy) is 1. The first-order valence-electron chi connectivity index (χ1n) is 8.21. The van der Waals surface area contributed by atoms with Gasteiger partial charge in [-0.3, -0.25) is 4.90 Å². The zero-order valence-corrected chi connectivity index (χ0v) is 13.6. The van der Waals surface area contributed by atoms with Crippen LogP contribution in [0.15, 0.2) is 54.6 Å². The van der Waals surface area contributed by atoms with Gasteiger partial charge in [-0.05, 0) is 49.1 Å². The predicted molar refractivity (Wildman–Crippen MR) is 91.4 cm³/mol. The lowest BCUT2D eigenvalue weighted by atomic mass is 10.0. The van der Waals surface area contributed by atoms with E-state index in [1.54, 1.807) is 6.07 Å². The summed E-state index contributed by atoms with van der Waals surface area (Å²) in [6.07, 6.45) is 3.58. The summed E-state index contributed by atoms with van der Waals surface area (Å²) in [4.78, 5) is 14.2. The molecule has 1 atom stereocenters. The minimum absolute atomic E-state index is 0.269. The van der Waals surface area contributed by atoms with Crippen molar-refractivity contribution in [2.24, 2.45) is 0 Å². The first-order chi connectivity index (χ1) is 11.3. The Bertz CT molecular complexity index is 654. The van der Waals surface area contributed by atoms with Crippen LogP contribution in [0, 0.1) is 0 Å². The maximum atomic E-state index is 11.7. The second-order valence-corrected chi connectivity index (χ2v) is 6.15. The van der Waals surface area contributed by atoms with E-state index in [-0.39, 0.29) is 5.97 Å². The van der Waals surface area contributed by atoms with E-state index in [0.29, 0.717) is 11.6 Å². The number of benzene rings is 2. The van der Waals surface area contributed by atoms with E-state index in [1.165, 1.54) is 31.1 Å². The van der Waals surface area contributed by atoms with Crippen LogP contribution in [0.3, 0.4) is 0 Å². The van der Waals surface area contributed by atoms with E-state index < -0.39 is 0 Å². The third kappa shape index (κ3) is 3.99. The Morgan fingerprint density at radius 3 is 2.70 bits per heavy atom. The Morgan fingerprint density at radius 1 is 1.13 bits per heavy atom. The van der Waals surface area contributed by atoms with Gasteiger partial charge in [0.15, 0.2) is 0 Å². The van der Waals surface area contributed by atoms with Gasteiger partial charge in [-0.25, -0.2) is 4.79 Å². The molecule has 3 nitrogen and oxygen atoms in total. The van der Waals surface area contributed by atoms with Crippen LogP contribution in [0.2, 0.25) is 0 Å². The van der Waals surface area contributed by atoms with Crippen molar-refractivity contribution in [1.29, 1.82) is 0 Å². The predicted octanol–water partition coefficient (Wildman–Crippen LogP) is 3.68. The highest BCUT2D eigenvalue weighted by Gasteiger charge is 2.24. The standard InChI is InChI=1S/C20H23NO2/c1-23-20(22)18-10-5-9-17(13-18)15-21-12-6-11-19(21)14-16-7-3-2-4-8-16/h2-5,7-10,13,19H,6,11-12,14-15H2,1H3. The van der Waals surface area contributed by atoms with Crippen LogP contribution in [0.25, 0.3) is 0 Å². The largest absolute Gasteiger partial charge is 0.465 e. The summed E-state index contributed by atoms with van der Waals surface area (Å²) >= 11 is 0. The Balaban J connectivity index is 1.68. The molecule has 3 rings (SSSR count). The summed E-state index contributed by atoms with van der Waals surface area (Å²) in [6.45, 7) is 2.02. The monoisotopic (exact) mass is 309 g/mol. The summed E-state index contributed by atoms with van der Waals surface area (Å²) in [6, 6.07) is 19.0. The number of carbonyl (C=O) groups excluding carboxylic acids is 1. The first-order valence-corrected chi connectivity index (χ1v) is 8.21. The van der Waals surface area contributed by atoms with Crippen LogP contribution in [-0.2, 0) is 17.7 Å². The summed E-state index contributed by atoms with van der Waals surface area (Å²) in [5.41, 5.74) is 3.20. The van der Waals surface area contributed by atoms with Gasteiger partial charge in [-0.15, -0.1) is 0 Å². The quantitative estimate of drug-likeness (QED) is 0.789. The normalized spacial score (nSPS) is 18.0. The Morgan fingerprint density at radius 2 is 1.91 bits per heavy atom. The van der Waals surface area contributed by atoms with E-state index in [9.17, 15) is 4.79 Å². The smallest absolute Gasteiger partial charge is 0.337 e. The fourth-order valence-electron chi connectivity index (χ4n) is 3.37. The summed E-state index contributed by atoms with van der Waals surface area (Å²) in [5, 5.41) is 0. The van der Waals surface area contributed by atoms with Crippen molar-refractivity contribution >= 4 is 5.97 Å². The molecule has 0 aromatic heterocycles. The van der Waals surface area contributed by atoms with Gasteiger partial charge in [0.25, 0.3) is 0 Å². The molecule has 0 saturated carbocycles. The van der Waals surface area contributed by atoms with Crippen molar-refractivity contribution in [2.45, 2.75) is 31.8 Å². The van der Waals surface area contributed by atoms with E-state index in [2.05, 4.69) is 41.3 Å². The van der Waals surface area contributed by atoms with Crippen molar-refractivity contribution in [1.82, 2.24) is 4.90 Å². The molecule has 1 aliphatic rings. The third-order valence-electron chi connectivity index (χ3n) is 4.55. The van der Waals surface area contributed by atoms with Crippen LogP contribution >= 0.6 is 0 Å². The molecule has 0 aliphatic carbocycles. The number of hydrogen-bond donors (Lipinski definition) is 0. The molecule has 1 saturated heterocycles. The number of rotatable bonds is 5. The molecule has 3 heteroatoms. The molecule has 120 valence electrons. The van der Waals surface area contributed by atoms with Crippen LogP contribution in [0.1, 0.15) is 34.3 Å². The minimum Gasteiger partial charge on any atom is -0.465 e. The van der Waals surface area contributed by atoms with E-state index in [0.717, 1.165) is 19.5 Å². The number of esters is 1. The van der Waals surface area contributed by atoms with Gasteiger partial charge in [-0.1, -0.05) is 42.5 Å². The highest BCUT2D eigenvalue weighted by molar-refractivity contribution is 5.89. The van der Waals surface area contributed by atoms with Gasteiger partial charge in [0.05, 0.1) is 12.7 Å².